The van der Waals surface area contributed by atoms with Crippen LogP contribution in [0.25, 0.3) is 0 Å². The molecule has 1 aromatic heterocycles. The van der Waals surface area contributed by atoms with Crippen molar-refractivity contribution in [3.63, 3.8) is 0 Å². The summed E-state index contributed by atoms with van der Waals surface area (Å²) in [6, 6.07) is 11.3. The number of H-pyrrole nitrogens is 1. The van der Waals surface area contributed by atoms with E-state index in [0.717, 1.165) is 37.3 Å². The van der Waals surface area contributed by atoms with Crippen molar-refractivity contribution >= 4 is 29.2 Å². The molecule has 36 heavy (non-hydrogen) atoms. The molecule has 0 aliphatic carbocycles. The number of carbonyl (C=O) groups excluding carboxylic acids is 3. The highest BCUT2D eigenvalue weighted by molar-refractivity contribution is 5.93. The summed E-state index contributed by atoms with van der Waals surface area (Å²) < 4.78 is 5.36. The third kappa shape index (κ3) is 5.48. The minimum Gasteiger partial charge on any atom is -0.378 e. The Balaban J connectivity index is 1.07. The van der Waals surface area contributed by atoms with E-state index in [0.29, 0.717) is 58.2 Å². The normalized spacial score (nSPS) is 19.3. The lowest BCUT2D eigenvalue weighted by atomic mass is 9.94. The summed E-state index contributed by atoms with van der Waals surface area (Å²) >= 11 is 0. The molecule has 0 bridgehead atoms. The van der Waals surface area contributed by atoms with Gasteiger partial charge in [-0.2, -0.15) is 0 Å². The molecule has 3 aliphatic rings. The number of rotatable bonds is 4. The van der Waals surface area contributed by atoms with E-state index in [2.05, 4.69) is 15.2 Å². The van der Waals surface area contributed by atoms with E-state index >= 15 is 0 Å². The summed E-state index contributed by atoms with van der Waals surface area (Å²) in [5.41, 5.74) is 2.41. The molecule has 0 atom stereocenters. The first-order valence-corrected chi connectivity index (χ1v) is 12.8. The highest BCUT2D eigenvalue weighted by atomic mass is 16.5. The number of piperidine rings is 1. The van der Waals surface area contributed by atoms with E-state index in [1.165, 1.54) is 0 Å². The number of aromatic amines is 1. The largest absolute Gasteiger partial charge is 0.378 e. The van der Waals surface area contributed by atoms with Gasteiger partial charge in [0.2, 0.25) is 5.91 Å². The second-order valence-corrected chi connectivity index (χ2v) is 9.54. The van der Waals surface area contributed by atoms with Crippen LogP contribution in [0.4, 0.5) is 16.2 Å². The van der Waals surface area contributed by atoms with Crippen LogP contribution in [0.3, 0.4) is 0 Å². The summed E-state index contributed by atoms with van der Waals surface area (Å²) in [5.74, 6) is 0.326. The minimum absolute atomic E-state index is 0.0369. The molecule has 4 amide bonds. The fourth-order valence-electron chi connectivity index (χ4n) is 5.13. The van der Waals surface area contributed by atoms with Crippen molar-refractivity contribution in [1.29, 1.82) is 0 Å². The Hall–Kier alpha value is -3.53. The zero-order chi connectivity index (χ0) is 24.9. The van der Waals surface area contributed by atoms with E-state index in [-0.39, 0.29) is 23.8 Å². The van der Waals surface area contributed by atoms with Gasteiger partial charge in [-0.05, 0) is 49.2 Å². The number of piperazine rings is 1. The Morgan fingerprint density at radius 2 is 1.47 bits per heavy atom. The van der Waals surface area contributed by atoms with Gasteiger partial charge in [-0.3, -0.25) is 9.59 Å². The van der Waals surface area contributed by atoms with Gasteiger partial charge in [-0.25, -0.2) is 4.79 Å². The lowest BCUT2D eigenvalue weighted by Gasteiger charge is -2.36. The van der Waals surface area contributed by atoms with Crippen LogP contribution in [-0.4, -0.2) is 103 Å². The van der Waals surface area contributed by atoms with Gasteiger partial charge in [0.1, 0.15) is 5.69 Å². The minimum atomic E-state index is -0.155. The molecule has 2 aromatic rings. The third-order valence-corrected chi connectivity index (χ3v) is 7.33. The standard InChI is InChI=1S/C26H34N6O4/c33-24(31-16-18-36-19-17-31)20-7-10-29(11-8-20)22-5-3-21(4-6-22)28-26(35)32-14-12-30(13-15-32)25(34)23-2-1-9-27-23/h1-6,9,20,27H,7-8,10-19H2,(H,28,35). The number of ether oxygens (including phenoxy) is 1. The number of benzene rings is 1. The highest BCUT2D eigenvalue weighted by Gasteiger charge is 2.30. The number of hydrogen-bond acceptors (Lipinski definition) is 5. The van der Waals surface area contributed by atoms with E-state index in [1.54, 1.807) is 28.1 Å². The Morgan fingerprint density at radius 1 is 0.806 bits per heavy atom. The number of amides is 4. The average molecular weight is 495 g/mol. The second-order valence-electron chi connectivity index (χ2n) is 9.54. The maximum absolute atomic E-state index is 12.8. The summed E-state index contributed by atoms with van der Waals surface area (Å²) in [6.07, 6.45) is 3.44. The Bertz CT molecular complexity index is 1030. The van der Waals surface area contributed by atoms with Gasteiger partial charge in [-0.15, -0.1) is 0 Å². The molecule has 4 heterocycles. The number of nitrogens with one attached hydrogen (secondary N) is 2. The fraction of sp³-hybridized carbons (Fsp3) is 0.500. The van der Waals surface area contributed by atoms with Gasteiger partial charge in [0.15, 0.2) is 0 Å². The van der Waals surface area contributed by atoms with Gasteiger partial charge < -0.3 is 34.6 Å². The SMILES string of the molecule is O=C(Nc1ccc(N2CCC(C(=O)N3CCOCC3)CC2)cc1)N1CCN(C(=O)c2ccc[nH]2)CC1. The lowest BCUT2D eigenvalue weighted by Crippen LogP contribution is -2.51. The van der Waals surface area contributed by atoms with Crippen LogP contribution in [0.1, 0.15) is 23.3 Å². The molecule has 0 saturated carbocycles. The van der Waals surface area contributed by atoms with Crippen LogP contribution in [0.15, 0.2) is 42.6 Å². The summed E-state index contributed by atoms with van der Waals surface area (Å²) in [5, 5.41) is 2.97. The fourth-order valence-corrected chi connectivity index (χ4v) is 5.13. The van der Waals surface area contributed by atoms with Crippen LogP contribution in [0, 0.1) is 5.92 Å². The van der Waals surface area contributed by atoms with E-state index in [9.17, 15) is 14.4 Å². The van der Waals surface area contributed by atoms with Gasteiger partial charge in [0.05, 0.1) is 13.2 Å². The first-order chi connectivity index (χ1) is 17.6. The van der Waals surface area contributed by atoms with Crippen molar-refractivity contribution < 1.29 is 19.1 Å². The summed E-state index contributed by atoms with van der Waals surface area (Å²) in [6.45, 7) is 6.37. The molecule has 3 saturated heterocycles. The van der Waals surface area contributed by atoms with Crippen LogP contribution in [-0.2, 0) is 9.53 Å². The predicted molar refractivity (Wildman–Crippen MR) is 136 cm³/mol. The van der Waals surface area contributed by atoms with Crippen LogP contribution in [0.5, 0.6) is 0 Å². The van der Waals surface area contributed by atoms with E-state index in [4.69, 9.17) is 4.74 Å². The molecule has 0 spiro atoms. The van der Waals surface area contributed by atoms with Crippen molar-refractivity contribution in [3.8, 4) is 0 Å². The molecule has 10 nitrogen and oxygen atoms in total. The van der Waals surface area contributed by atoms with Gasteiger partial charge in [-0.1, -0.05) is 0 Å². The monoisotopic (exact) mass is 494 g/mol. The molecule has 3 aliphatic heterocycles. The van der Waals surface area contributed by atoms with Crippen molar-refractivity contribution in [2.24, 2.45) is 5.92 Å². The highest BCUT2D eigenvalue weighted by Crippen LogP contribution is 2.26. The second kappa shape index (κ2) is 11.0. The molecule has 192 valence electrons. The molecule has 3 fully saturated rings. The number of hydrogen-bond donors (Lipinski definition) is 2. The topological polar surface area (TPSA) is 101 Å². The van der Waals surface area contributed by atoms with Crippen molar-refractivity contribution in [2.45, 2.75) is 12.8 Å². The molecule has 10 heteroatoms. The Morgan fingerprint density at radius 3 is 2.11 bits per heavy atom. The number of anilines is 2. The quantitative estimate of drug-likeness (QED) is 0.678. The maximum Gasteiger partial charge on any atom is 0.321 e. The molecule has 2 N–H and O–H groups in total. The lowest BCUT2D eigenvalue weighted by molar-refractivity contribution is -0.140. The van der Waals surface area contributed by atoms with Crippen molar-refractivity contribution in [1.82, 2.24) is 19.7 Å². The van der Waals surface area contributed by atoms with Gasteiger partial charge >= 0.3 is 6.03 Å². The summed E-state index contributed by atoms with van der Waals surface area (Å²) in [4.78, 5) is 48.7. The molecular weight excluding hydrogens is 460 g/mol. The van der Waals surface area contributed by atoms with Crippen molar-refractivity contribution in [3.05, 3.63) is 48.3 Å². The van der Waals surface area contributed by atoms with Crippen molar-refractivity contribution in [2.75, 3.05) is 75.8 Å². The first-order valence-electron chi connectivity index (χ1n) is 12.8. The van der Waals surface area contributed by atoms with Crippen LogP contribution >= 0.6 is 0 Å². The van der Waals surface area contributed by atoms with Crippen LogP contribution < -0.4 is 10.2 Å². The average Bonchev–Trinajstić information content (AvgIpc) is 3.49. The molecule has 0 radical (unpaired) electrons. The number of aromatic nitrogens is 1. The maximum atomic E-state index is 12.8. The molecule has 1 aromatic carbocycles. The van der Waals surface area contributed by atoms with E-state index in [1.807, 2.05) is 29.2 Å². The number of nitrogens with zero attached hydrogens (tertiary/aromatic N) is 4. The predicted octanol–water partition coefficient (Wildman–Crippen LogP) is 2.08. The first kappa shape index (κ1) is 24.2. The molecular formula is C26H34N6O4. The number of carbonyl (C=O) groups is 3. The molecule has 0 unspecified atom stereocenters. The third-order valence-electron chi connectivity index (χ3n) is 7.33. The zero-order valence-corrected chi connectivity index (χ0v) is 20.5. The Labute approximate surface area is 211 Å². The number of morpholine rings is 1. The Kier molecular flexibility index (Phi) is 7.41. The van der Waals surface area contributed by atoms with Gasteiger partial charge in [0, 0.05) is 75.8 Å². The summed E-state index contributed by atoms with van der Waals surface area (Å²) in [7, 11) is 0. The smallest absolute Gasteiger partial charge is 0.321 e. The zero-order valence-electron chi connectivity index (χ0n) is 20.5. The van der Waals surface area contributed by atoms with E-state index < -0.39 is 0 Å². The van der Waals surface area contributed by atoms with Gasteiger partial charge in [0.25, 0.3) is 5.91 Å². The molecule has 5 rings (SSSR count). The van der Waals surface area contributed by atoms with Crippen LogP contribution in [0.2, 0.25) is 0 Å². The number of urea groups is 1.